The van der Waals surface area contributed by atoms with Gasteiger partial charge in [0.25, 0.3) is 0 Å². The largest absolute Gasteiger partial charge is 0.543 e. The fourth-order valence-electron chi connectivity index (χ4n) is 3.55. The Balaban J connectivity index is 1.76. The molecule has 2 aliphatic rings. The highest BCUT2D eigenvalue weighted by Gasteiger charge is 2.58. The van der Waals surface area contributed by atoms with E-state index in [-0.39, 0.29) is 23.6 Å². The number of nitrogens with zero attached hydrogens (tertiary/aromatic N) is 2. The predicted octanol–water partition coefficient (Wildman–Crippen LogP) is -0.474. The quantitative estimate of drug-likeness (QED) is 0.555. The van der Waals surface area contributed by atoms with Gasteiger partial charge >= 0.3 is 0 Å². The molecule has 1 amide bonds. The molecule has 3 rings (SSSR count). The van der Waals surface area contributed by atoms with Gasteiger partial charge in [-0.3, -0.25) is 4.79 Å². The number of carbonyl (C=O) groups is 2. The lowest BCUT2D eigenvalue weighted by atomic mass is 9.79. The van der Waals surface area contributed by atoms with Crippen LogP contribution in [0.2, 0.25) is 0 Å². The van der Waals surface area contributed by atoms with Gasteiger partial charge in [0.05, 0.1) is 35.5 Å². The van der Waals surface area contributed by atoms with Crippen LogP contribution in [0.15, 0.2) is 41.2 Å². The van der Waals surface area contributed by atoms with Crippen molar-refractivity contribution in [1.82, 2.24) is 4.90 Å². The molecule has 1 N–H and O–H groups in total. The van der Waals surface area contributed by atoms with E-state index in [1.807, 2.05) is 42.1 Å². The number of carboxylic acid groups (broad SMARTS) is 1. The van der Waals surface area contributed by atoms with Gasteiger partial charge < -0.3 is 19.9 Å². The van der Waals surface area contributed by atoms with Crippen molar-refractivity contribution in [1.29, 1.82) is 0 Å². The van der Waals surface area contributed by atoms with Crippen molar-refractivity contribution < 1.29 is 24.4 Å². The minimum atomic E-state index is -1.32. The van der Waals surface area contributed by atoms with Gasteiger partial charge in [-0.25, -0.2) is 4.57 Å². The Hall–Kier alpha value is -1.86. The zero-order chi connectivity index (χ0) is 17.4. The molecular formula is C17H20N2O4S. The molecule has 7 heteroatoms. The highest BCUT2D eigenvalue weighted by Crippen LogP contribution is 2.50. The third-order valence-corrected chi connectivity index (χ3v) is 5.95. The molecule has 6 nitrogen and oxygen atoms in total. The maximum Gasteiger partial charge on any atom is 0.235 e. The van der Waals surface area contributed by atoms with Crippen LogP contribution in [-0.4, -0.2) is 39.8 Å². The lowest BCUT2D eigenvalue weighted by Gasteiger charge is -2.47. The molecule has 0 aliphatic carbocycles. The highest BCUT2D eigenvalue weighted by molar-refractivity contribution is 8.03. The summed E-state index contributed by atoms with van der Waals surface area (Å²) in [6.45, 7) is 4.22. The third kappa shape index (κ3) is 2.71. The van der Waals surface area contributed by atoms with E-state index in [0.29, 0.717) is 10.7 Å². The smallest absolute Gasteiger partial charge is 0.235 e. The summed E-state index contributed by atoms with van der Waals surface area (Å²) in [5, 5.41) is 21.4. The van der Waals surface area contributed by atoms with E-state index in [2.05, 4.69) is 0 Å². The van der Waals surface area contributed by atoms with E-state index in [9.17, 15) is 19.8 Å². The number of aliphatic carboxylic acids is 1. The Morgan fingerprint density at radius 3 is 2.67 bits per heavy atom. The second kappa shape index (κ2) is 6.57. The van der Waals surface area contributed by atoms with Gasteiger partial charge in [0, 0.05) is 23.0 Å². The van der Waals surface area contributed by atoms with Crippen LogP contribution < -0.4 is 9.67 Å². The minimum Gasteiger partial charge on any atom is -0.543 e. The van der Waals surface area contributed by atoms with Gasteiger partial charge in [-0.2, -0.15) is 0 Å². The number of amides is 1. The van der Waals surface area contributed by atoms with Crippen molar-refractivity contribution >= 4 is 23.6 Å². The fraction of sp³-hybridized carbons (Fsp3) is 0.471. The topological polar surface area (TPSA) is 84.5 Å². The molecule has 0 aromatic carbocycles. The van der Waals surface area contributed by atoms with Crippen LogP contribution in [0.5, 0.6) is 0 Å². The summed E-state index contributed by atoms with van der Waals surface area (Å²) in [6.07, 6.45) is 3.12. The molecule has 0 spiro atoms. The number of aryl methyl sites for hydroxylation is 1. The molecule has 0 bridgehead atoms. The Morgan fingerprint density at radius 2 is 2.08 bits per heavy atom. The number of thioether (sulfide) groups is 1. The highest BCUT2D eigenvalue weighted by atomic mass is 32.2. The Labute approximate surface area is 144 Å². The monoisotopic (exact) mass is 348 g/mol. The average Bonchev–Trinajstić information content (AvgIpc) is 2.78. The first-order chi connectivity index (χ1) is 11.4. The van der Waals surface area contributed by atoms with E-state index < -0.39 is 18.0 Å². The molecule has 0 unspecified atom stereocenters. The summed E-state index contributed by atoms with van der Waals surface area (Å²) in [6, 6.07) is 5.53. The van der Waals surface area contributed by atoms with Crippen molar-refractivity contribution in [3.63, 3.8) is 0 Å². The van der Waals surface area contributed by atoms with Crippen molar-refractivity contribution in [2.24, 2.45) is 11.8 Å². The van der Waals surface area contributed by atoms with E-state index in [1.54, 1.807) is 6.92 Å². The summed E-state index contributed by atoms with van der Waals surface area (Å²) in [7, 11) is 0. The minimum absolute atomic E-state index is 0.0162. The maximum absolute atomic E-state index is 12.2. The van der Waals surface area contributed by atoms with Gasteiger partial charge in [-0.05, 0) is 6.92 Å². The number of β-lactam (4-membered cyclic amide) rings is 1. The number of rotatable bonds is 6. The van der Waals surface area contributed by atoms with Gasteiger partial charge in [-0.1, -0.05) is 13.0 Å². The number of pyridine rings is 1. The van der Waals surface area contributed by atoms with E-state index >= 15 is 0 Å². The molecule has 1 saturated heterocycles. The fourth-order valence-corrected chi connectivity index (χ4v) is 4.79. The third-order valence-electron chi connectivity index (χ3n) is 4.69. The summed E-state index contributed by atoms with van der Waals surface area (Å²) in [5.74, 6) is -1.60. The average molecular weight is 348 g/mol. The van der Waals surface area contributed by atoms with Crippen LogP contribution >= 0.6 is 11.8 Å². The first kappa shape index (κ1) is 17.0. The molecule has 1 fully saturated rings. The lowest BCUT2D eigenvalue weighted by Crippen LogP contribution is -2.64. The summed E-state index contributed by atoms with van der Waals surface area (Å²) >= 11 is 1.45. The molecule has 1 aromatic rings. The van der Waals surface area contributed by atoms with Crippen molar-refractivity contribution in [2.75, 3.05) is 5.75 Å². The van der Waals surface area contributed by atoms with E-state index in [0.717, 1.165) is 6.54 Å². The normalized spacial score (nSPS) is 27.0. The maximum atomic E-state index is 12.2. The molecule has 128 valence electrons. The second-order valence-corrected chi connectivity index (χ2v) is 7.35. The molecule has 3 heterocycles. The molecular weight excluding hydrogens is 328 g/mol. The summed E-state index contributed by atoms with van der Waals surface area (Å²) < 4.78 is 2.02. The zero-order valence-electron chi connectivity index (χ0n) is 13.6. The van der Waals surface area contributed by atoms with Crippen LogP contribution in [0, 0.1) is 11.8 Å². The Bertz CT molecular complexity index is 689. The SMILES string of the molecule is C[C@@H](O)[C@H]1C(=O)N2C(C(=O)[O-])=C(SCC[n+]3ccccc3)[C@H](C)[C@H]12. The second-order valence-electron chi connectivity index (χ2n) is 6.22. The van der Waals surface area contributed by atoms with Crippen LogP contribution in [-0.2, 0) is 16.1 Å². The van der Waals surface area contributed by atoms with Gasteiger partial charge in [0.2, 0.25) is 5.91 Å². The van der Waals surface area contributed by atoms with Gasteiger partial charge in [0.15, 0.2) is 18.9 Å². The first-order valence-corrected chi connectivity index (χ1v) is 8.95. The van der Waals surface area contributed by atoms with Crippen molar-refractivity contribution in [3.05, 3.63) is 41.2 Å². The van der Waals surface area contributed by atoms with E-state index in [4.69, 9.17) is 0 Å². The number of hydrogen-bond acceptors (Lipinski definition) is 5. The Kier molecular flexibility index (Phi) is 4.64. The molecule has 24 heavy (non-hydrogen) atoms. The molecule has 2 aliphatic heterocycles. The number of hydrogen-bond donors (Lipinski definition) is 1. The zero-order valence-corrected chi connectivity index (χ0v) is 14.4. The first-order valence-electron chi connectivity index (χ1n) is 7.97. The summed E-state index contributed by atoms with van der Waals surface area (Å²) in [5.41, 5.74) is -0.0162. The standard InChI is InChI=1S/C17H20N2O4S/c1-10-13-12(11(2)20)16(21)19(13)14(17(22)23)15(10)24-9-8-18-6-4-3-5-7-18/h3-7,10-13,20H,8-9H2,1-2H3/t10-,11-,12-,13-/m1/s1. The van der Waals surface area contributed by atoms with Crippen molar-refractivity contribution in [3.8, 4) is 0 Å². The predicted molar refractivity (Wildman–Crippen MR) is 86.1 cm³/mol. The number of aliphatic hydroxyl groups excluding tert-OH is 1. The van der Waals surface area contributed by atoms with Crippen LogP contribution in [0.1, 0.15) is 13.8 Å². The van der Waals surface area contributed by atoms with Gasteiger partial charge in [0.1, 0.15) is 0 Å². The number of fused-ring (bicyclic) bond motifs is 1. The van der Waals surface area contributed by atoms with Crippen LogP contribution in [0.25, 0.3) is 0 Å². The number of carbonyl (C=O) groups excluding carboxylic acids is 2. The van der Waals surface area contributed by atoms with E-state index in [1.165, 1.54) is 16.7 Å². The Morgan fingerprint density at radius 1 is 1.42 bits per heavy atom. The number of carboxylic acids is 1. The number of aliphatic hydroxyl groups is 1. The molecule has 1 aromatic heterocycles. The van der Waals surface area contributed by atoms with Gasteiger partial charge in [-0.15, -0.1) is 11.8 Å². The summed E-state index contributed by atoms with van der Waals surface area (Å²) in [4.78, 5) is 25.7. The molecule has 0 saturated carbocycles. The lowest BCUT2D eigenvalue weighted by molar-refractivity contribution is -0.692. The number of aromatic nitrogens is 1. The van der Waals surface area contributed by atoms with Crippen LogP contribution in [0.4, 0.5) is 0 Å². The molecule has 0 radical (unpaired) electrons. The molecule has 4 atom stereocenters. The van der Waals surface area contributed by atoms with Crippen molar-refractivity contribution in [2.45, 2.75) is 32.5 Å². The van der Waals surface area contributed by atoms with Crippen LogP contribution in [0.3, 0.4) is 0 Å².